The lowest BCUT2D eigenvalue weighted by molar-refractivity contribution is 0.0951. The number of oxazole rings is 1. The van der Waals surface area contributed by atoms with Crippen molar-refractivity contribution in [1.29, 1.82) is 0 Å². The number of nitrogens with one attached hydrogen (secondary N) is 1. The van der Waals surface area contributed by atoms with E-state index in [2.05, 4.69) is 15.4 Å². The molecular weight excluding hydrogens is 407 g/mol. The Balaban J connectivity index is 1.26. The molecule has 0 aliphatic rings. The summed E-state index contributed by atoms with van der Waals surface area (Å²) in [5.41, 5.74) is 4.03. The second kappa shape index (κ2) is 8.47. The second-order valence-electron chi connectivity index (χ2n) is 7.36. The highest BCUT2D eigenvalue weighted by Gasteiger charge is 2.12. The molecule has 0 spiro atoms. The third-order valence-electron chi connectivity index (χ3n) is 5.15. The molecular formula is C25H19FN4O2. The van der Waals surface area contributed by atoms with Crippen molar-refractivity contribution in [3.05, 3.63) is 114 Å². The minimum atomic E-state index is -0.299. The summed E-state index contributed by atoms with van der Waals surface area (Å²) in [7, 11) is 0. The summed E-state index contributed by atoms with van der Waals surface area (Å²) < 4.78 is 21.4. The van der Waals surface area contributed by atoms with Crippen LogP contribution in [0.15, 0.2) is 89.6 Å². The van der Waals surface area contributed by atoms with E-state index in [-0.39, 0.29) is 18.1 Å². The Hall–Kier alpha value is -4.26. The molecule has 0 unspecified atom stereocenters. The summed E-state index contributed by atoms with van der Waals surface area (Å²) in [6, 6.07) is 21.3. The number of fused-ring (bicyclic) bond motifs is 1. The number of hydrogen-bond acceptors (Lipinski definition) is 4. The molecule has 5 aromatic rings. The molecule has 1 N–H and O–H groups in total. The quantitative estimate of drug-likeness (QED) is 0.428. The van der Waals surface area contributed by atoms with Crippen LogP contribution in [-0.2, 0) is 13.0 Å². The number of nitrogens with zero attached hydrogens (tertiary/aromatic N) is 3. The summed E-state index contributed by atoms with van der Waals surface area (Å²) in [5.74, 6) is -0.109. The van der Waals surface area contributed by atoms with Crippen LogP contribution in [0, 0.1) is 5.82 Å². The SMILES string of the molecule is O=C(NCc1ccc(-n2cccn2)cc1)c1ccc2nc(Cc3ccccc3F)oc2c1. The van der Waals surface area contributed by atoms with Crippen molar-refractivity contribution in [2.24, 2.45) is 0 Å². The van der Waals surface area contributed by atoms with Crippen LogP contribution >= 0.6 is 0 Å². The molecule has 0 fully saturated rings. The molecule has 6 nitrogen and oxygen atoms in total. The van der Waals surface area contributed by atoms with Gasteiger partial charge in [0.05, 0.1) is 12.1 Å². The van der Waals surface area contributed by atoms with Crippen molar-refractivity contribution in [3.8, 4) is 5.69 Å². The highest BCUT2D eigenvalue weighted by Crippen LogP contribution is 2.20. The van der Waals surface area contributed by atoms with Gasteiger partial charge in [-0.05, 0) is 53.6 Å². The average Bonchev–Trinajstić information content (AvgIpc) is 3.49. The summed E-state index contributed by atoms with van der Waals surface area (Å²) in [6.07, 6.45) is 3.85. The van der Waals surface area contributed by atoms with Crippen LogP contribution in [0.1, 0.15) is 27.4 Å². The molecule has 7 heteroatoms. The van der Waals surface area contributed by atoms with Crippen LogP contribution in [0.25, 0.3) is 16.8 Å². The van der Waals surface area contributed by atoms with Gasteiger partial charge in [-0.1, -0.05) is 30.3 Å². The van der Waals surface area contributed by atoms with Gasteiger partial charge in [0.2, 0.25) is 0 Å². The molecule has 0 bridgehead atoms. The molecule has 2 heterocycles. The fraction of sp³-hybridized carbons (Fsp3) is 0.0800. The molecule has 0 atom stereocenters. The number of hydrogen-bond donors (Lipinski definition) is 1. The Morgan fingerprint density at radius 2 is 1.88 bits per heavy atom. The number of rotatable bonds is 6. The van der Waals surface area contributed by atoms with E-state index in [1.54, 1.807) is 47.3 Å². The average molecular weight is 426 g/mol. The molecule has 0 aliphatic carbocycles. The zero-order valence-electron chi connectivity index (χ0n) is 17.0. The first-order valence-electron chi connectivity index (χ1n) is 10.2. The summed E-state index contributed by atoms with van der Waals surface area (Å²) >= 11 is 0. The van der Waals surface area contributed by atoms with Crippen LogP contribution < -0.4 is 5.32 Å². The third-order valence-corrected chi connectivity index (χ3v) is 5.15. The van der Waals surface area contributed by atoms with Crippen LogP contribution in [-0.4, -0.2) is 20.7 Å². The lowest BCUT2D eigenvalue weighted by Crippen LogP contribution is -2.22. The van der Waals surface area contributed by atoms with Crippen molar-refractivity contribution in [3.63, 3.8) is 0 Å². The van der Waals surface area contributed by atoms with Gasteiger partial charge in [0.25, 0.3) is 5.91 Å². The second-order valence-corrected chi connectivity index (χ2v) is 7.36. The monoisotopic (exact) mass is 426 g/mol. The van der Waals surface area contributed by atoms with Gasteiger partial charge in [0.15, 0.2) is 11.5 Å². The number of amides is 1. The molecule has 0 saturated carbocycles. The molecule has 5 rings (SSSR count). The molecule has 32 heavy (non-hydrogen) atoms. The summed E-state index contributed by atoms with van der Waals surface area (Å²) in [5, 5.41) is 7.11. The molecule has 0 radical (unpaired) electrons. The van der Waals surface area contributed by atoms with Gasteiger partial charge in [-0.3, -0.25) is 4.79 Å². The van der Waals surface area contributed by atoms with E-state index in [4.69, 9.17) is 4.42 Å². The predicted octanol–water partition coefficient (Wildman–Crippen LogP) is 4.67. The van der Waals surface area contributed by atoms with Crippen molar-refractivity contribution in [2.45, 2.75) is 13.0 Å². The first kappa shape index (κ1) is 19.7. The lowest BCUT2D eigenvalue weighted by atomic mass is 10.1. The largest absolute Gasteiger partial charge is 0.440 e. The van der Waals surface area contributed by atoms with Crippen LogP contribution in [0.5, 0.6) is 0 Å². The molecule has 158 valence electrons. The Labute approximate surface area is 183 Å². The lowest BCUT2D eigenvalue weighted by Gasteiger charge is -2.07. The first-order valence-corrected chi connectivity index (χ1v) is 10.2. The van der Waals surface area contributed by atoms with E-state index in [1.807, 2.05) is 36.5 Å². The molecule has 0 aliphatic heterocycles. The maximum absolute atomic E-state index is 13.9. The van der Waals surface area contributed by atoms with Gasteiger partial charge in [-0.2, -0.15) is 5.10 Å². The third kappa shape index (κ3) is 4.13. The number of benzene rings is 3. The first-order chi connectivity index (χ1) is 15.7. The molecule has 2 aromatic heterocycles. The Morgan fingerprint density at radius 3 is 2.66 bits per heavy atom. The van der Waals surface area contributed by atoms with E-state index >= 15 is 0 Å². The van der Waals surface area contributed by atoms with Crippen molar-refractivity contribution in [2.75, 3.05) is 0 Å². The standard InChI is InChI=1S/C25H19FN4O2/c26-21-5-2-1-4-18(21)15-24-29-22-11-8-19(14-23(22)32-24)25(31)27-16-17-6-9-20(10-7-17)30-13-3-12-28-30/h1-14H,15-16H2,(H,27,31). The Kier molecular flexibility index (Phi) is 5.21. The fourth-order valence-corrected chi connectivity index (χ4v) is 3.47. The van der Waals surface area contributed by atoms with E-state index in [0.717, 1.165) is 11.3 Å². The molecule has 3 aromatic carbocycles. The van der Waals surface area contributed by atoms with Gasteiger partial charge >= 0.3 is 0 Å². The van der Waals surface area contributed by atoms with Crippen molar-refractivity contribution in [1.82, 2.24) is 20.1 Å². The van der Waals surface area contributed by atoms with E-state index in [0.29, 0.717) is 34.7 Å². The maximum Gasteiger partial charge on any atom is 0.251 e. The highest BCUT2D eigenvalue weighted by molar-refractivity contribution is 5.97. The number of carbonyl (C=O) groups is 1. The minimum Gasteiger partial charge on any atom is -0.440 e. The molecule has 0 saturated heterocycles. The van der Waals surface area contributed by atoms with Crippen LogP contribution in [0.3, 0.4) is 0 Å². The number of aromatic nitrogens is 3. The maximum atomic E-state index is 13.9. The van der Waals surface area contributed by atoms with E-state index in [1.165, 1.54) is 6.07 Å². The van der Waals surface area contributed by atoms with Crippen molar-refractivity contribution >= 4 is 17.0 Å². The number of carbonyl (C=O) groups excluding carboxylic acids is 1. The normalized spacial score (nSPS) is 11.0. The predicted molar refractivity (Wildman–Crippen MR) is 118 cm³/mol. The van der Waals surface area contributed by atoms with Crippen LogP contribution in [0.2, 0.25) is 0 Å². The van der Waals surface area contributed by atoms with Crippen molar-refractivity contribution < 1.29 is 13.6 Å². The fourth-order valence-electron chi connectivity index (χ4n) is 3.47. The zero-order valence-corrected chi connectivity index (χ0v) is 17.0. The summed E-state index contributed by atoms with van der Waals surface area (Å²) in [4.78, 5) is 17.0. The summed E-state index contributed by atoms with van der Waals surface area (Å²) in [6.45, 7) is 0.394. The van der Waals surface area contributed by atoms with Gasteiger partial charge in [-0.25, -0.2) is 14.1 Å². The zero-order chi connectivity index (χ0) is 21.9. The smallest absolute Gasteiger partial charge is 0.251 e. The van der Waals surface area contributed by atoms with Gasteiger partial charge in [-0.15, -0.1) is 0 Å². The minimum absolute atomic E-state index is 0.213. The van der Waals surface area contributed by atoms with Gasteiger partial charge < -0.3 is 9.73 Å². The Morgan fingerprint density at radius 1 is 1.03 bits per heavy atom. The Bertz CT molecular complexity index is 1380. The molecule has 1 amide bonds. The van der Waals surface area contributed by atoms with E-state index < -0.39 is 0 Å². The highest BCUT2D eigenvalue weighted by atomic mass is 19.1. The number of halogens is 1. The topological polar surface area (TPSA) is 73.0 Å². The van der Waals surface area contributed by atoms with Gasteiger partial charge in [0, 0.05) is 24.5 Å². The van der Waals surface area contributed by atoms with E-state index in [9.17, 15) is 9.18 Å². The van der Waals surface area contributed by atoms with Crippen LogP contribution in [0.4, 0.5) is 4.39 Å². The van der Waals surface area contributed by atoms with Gasteiger partial charge in [0.1, 0.15) is 11.3 Å².